The molecular weight excluding hydrogens is 319 g/mol. The van der Waals surface area contributed by atoms with Crippen molar-refractivity contribution in [2.75, 3.05) is 11.9 Å². The zero-order valence-corrected chi connectivity index (χ0v) is 11.9. The molecule has 22 heavy (non-hydrogen) atoms. The van der Waals surface area contributed by atoms with Gasteiger partial charge >= 0.3 is 6.18 Å². The minimum absolute atomic E-state index is 0.0149. The molecule has 1 N–H and O–H groups in total. The Morgan fingerprint density at radius 1 is 1.14 bits per heavy atom. The van der Waals surface area contributed by atoms with Crippen molar-refractivity contribution in [2.45, 2.75) is 6.18 Å². The van der Waals surface area contributed by atoms with Crippen LogP contribution in [0.2, 0.25) is 5.02 Å². The summed E-state index contributed by atoms with van der Waals surface area (Å²) in [6.45, 7) is -0.337. The van der Waals surface area contributed by atoms with Crippen LogP contribution in [-0.2, 0) is 11.0 Å². The summed E-state index contributed by atoms with van der Waals surface area (Å²) in [5.41, 5.74) is -1.01. The number of amides is 1. The lowest BCUT2D eigenvalue weighted by Crippen LogP contribution is -2.20. The van der Waals surface area contributed by atoms with Gasteiger partial charge < -0.3 is 10.1 Å². The summed E-state index contributed by atoms with van der Waals surface area (Å²) >= 11 is 5.78. The van der Waals surface area contributed by atoms with Crippen molar-refractivity contribution >= 4 is 23.2 Å². The number of carbonyl (C=O) groups excluding carboxylic acids is 1. The first kappa shape index (κ1) is 16.2. The van der Waals surface area contributed by atoms with Crippen molar-refractivity contribution in [3.05, 3.63) is 59.1 Å². The number of benzene rings is 2. The highest BCUT2D eigenvalue weighted by atomic mass is 35.5. The minimum Gasteiger partial charge on any atom is -0.484 e. The van der Waals surface area contributed by atoms with Crippen LogP contribution in [0, 0.1) is 0 Å². The fourth-order valence-electron chi connectivity index (χ4n) is 1.65. The Hall–Kier alpha value is -2.21. The fourth-order valence-corrected chi connectivity index (χ4v) is 1.81. The molecule has 0 unspecified atom stereocenters. The molecule has 0 atom stereocenters. The first-order chi connectivity index (χ1) is 10.4. The summed E-state index contributed by atoms with van der Waals surface area (Å²) in [5.74, 6) is -0.127. The van der Waals surface area contributed by atoms with Gasteiger partial charge in [0.15, 0.2) is 6.61 Å². The molecule has 0 fully saturated rings. The van der Waals surface area contributed by atoms with E-state index in [4.69, 9.17) is 16.3 Å². The van der Waals surface area contributed by atoms with Crippen LogP contribution in [-0.4, -0.2) is 12.5 Å². The van der Waals surface area contributed by atoms with Gasteiger partial charge in [0.1, 0.15) is 5.75 Å². The molecule has 2 aromatic rings. The second-order valence-electron chi connectivity index (χ2n) is 4.34. The van der Waals surface area contributed by atoms with E-state index in [1.807, 2.05) is 0 Å². The third-order valence-corrected chi connectivity index (χ3v) is 3.01. The normalized spacial score (nSPS) is 11.1. The number of halogens is 4. The van der Waals surface area contributed by atoms with Crippen molar-refractivity contribution in [3.8, 4) is 5.75 Å². The fraction of sp³-hybridized carbons (Fsp3) is 0.133. The van der Waals surface area contributed by atoms with Crippen molar-refractivity contribution in [1.82, 2.24) is 0 Å². The second-order valence-corrected chi connectivity index (χ2v) is 4.75. The summed E-state index contributed by atoms with van der Waals surface area (Å²) in [4.78, 5) is 11.7. The molecule has 0 aromatic heterocycles. The molecule has 0 aliphatic heterocycles. The third kappa shape index (κ3) is 4.39. The van der Waals surface area contributed by atoms with Gasteiger partial charge in [-0.3, -0.25) is 4.79 Å². The van der Waals surface area contributed by atoms with Gasteiger partial charge in [-0.15, -0.1) is 0 Å². The van der Waals surface area contributed by atoms with Crippen LogP contribution in [0.25, 0.3) is 0 Å². The van der Waals surface area contributed by atoms with E-state index < -0.39 is 17.6 Å². The Morgan fingerprint density at radius 2 is 1.82 bits per heavy atom. The Kier molecular flexibility index (Phi) is 4.92. The Labute approximate surface area is 129 Å². The smallest absolute Gasteiger partial charge is 0.416 e. The number of hydrogen-bond donors (Lipinski definition) is 1. The van der Waals surface area contributed by atoms with Crippen LogP contribution < -0.4 is 10.1 Å². The zero-order chi connectivity index (χ0) is 16.2. The topological polar surface area (TPSA) is 38.3 Å². The molecule has 3 nitrogen and oxygen atoms in total. The van der Waals surface area contributed by atoms with E-state index >= 15 is 0 Å². The van der Waals surface area contributed by atoms with Crippen molar-refractivity contribution < 1.29 is 22.7 Å². The predicted molar refractivity (Wildman–Crippen MR) is 77.0 cm³/mol. The maximum Gasteiger partial charge on any atom is 0.416 e. The van der Waals surface area contributed by atoms with Crippen molar-refractivity contribution in [3.63, 3.8) is 0 Å². The number of nitrogens with one attached hydrogen (secondary N) is 1. The van der Waals surface area contributed by atoms with Gasteiger partial charge in [0, 0.05) is 0 Å². The van der Waals surface area contributed by atoms with E-state index in [1.54, 1.807) is 30.3 Å². The monoisotopic (exact) mass is 329 g/mol. The zero-order valence-electron chi connectivity index (χ0n) is 11.2. The van der Waals surface area contributed by atoms with Gasteiger partial charge in [-0.1, -0.05) is 29.8 Å². The van der Waals surface area contributed by atoms with E-state index in [1.165, 1.54) is 0 Å². The SMILES string of the molecule is O=C(COc1ccccc1)Nc1cc(C(F)(F)F)ccc1Cl. The van der Waals surface area contributed by atoms with E-state index in [0.717, 1.165) is 18.2 Å². The Bertz CT molecular complexity index is 660. The first-order valence-corrected chi connectivity index (χ1v) is 6.58. The number of anilines is 1. The number of hydrogen-bond acceptors (Lipinski definition) is 2. The molecule has 0 aliphatic rings. The summed E-state index contributed by atoms with van der Waals surface area (Å²) in [7, 11) is 0. The van der Waals surface area contributed by atoms with Crippen LogP contribution in [0.5, 0.6) is 5.75 Å². The molecular formula is C15H11ClF3NO2. The number of rotatable bonds is 4. The lowest BCUT2D eigenvalue weighted by molar-refractivity contribution is -0.137. The quantitative estimate of drug-likeness (QED) is 0.904. The van der Waals surface area contributed by atoms with E-state index in [2.05, 4.69) is 5.32 Å². The number of para-hydroxylation sites is 1. The highest BCUT2D eigenvalue weighted by molar-refractivity contribution is 6.33. The van der Waals surface area contributed by atoms with Crippen LogP contribution >= 0.6 is 11.6 Å². The van der Waals surface area contributed by atoms with Crippen LogP contribution in [0.3, 0.4) is 0 Å². The van der Waals surface area contributed by atoms with Gasteiger partial charge in [-0.25, -0.2) is 0 Å². The predicted octanol–water partition coefficient (Wildman–Crippen LogP) is 4.38. The van der Waals surface area contributed by atoms with Crippen LogP contribution in [0.1, 0.15) is 5.56 Å². The lowest BCUT2D eigenvalue weighted by Gasteiger charge is -2.12. The van der Waals surface area contributed by atoms with Gasteiger partial charge in [0.2, 0.25) is 0 Å². The summed E-state index contributed by atoms with van der Waals surface area (Å²) in [6.07, 6.45) is -4.51. The van der Waals surface area contributed by atoms with Gasteiger partial charge in [-0.2, -0.15) is 13.2 Å². The van der Waals surface area contributed by atoms with Crippen molar-refractivity contribution in [1.29, 1.82) is 0 Å². The molecule has 0 bridgehead atoms. The summed E-state index contributed by atoms with van der Waals surface area (Å²) in [6, 6.07) is 11.3. The van der Waals surface area contributed by atoms with E-state index in [-0.39, 0.29) is 17.3 Å². The van der Waals surface area contributed by atoms with E-state index in [0.29, 0.717) is 5.75 Å². The molecule has 116 valence electrons. The first-order valence-electron chi connectivity index (χ1n) is 6.21. The molecule has 0 aliphatic carbocycles. The standard InChI is InChI=1S/C15H11ClF3NO2/c16-12-7-6-10(15(17,18)19)8-13(12)20-14(21)9-22-11-4-2-1-3-5-11/h1-8H,9H2,(H,20,21). The number of ether oxygens (including phenoxy) is 1. The summed E-state index contributed by atoms with van der Waals surface area (Å²) in [5, 5.41) is 2.31. The minimum atomic E-state index is -4.51. The molecule has 0 spiro atoms. The van der Waals surface area contributed by atoms with E-state index in [9.17, 15) is 18.0 Å². The molecule has 2 aromatic carbocycles. The largest absolute Gasteiger partial charge is 0.484 e. The number of alkyl halides is 3. The van der Waals surface area contributed by atoms with Gasteiger partial charge in [0.25, 0.3) is 5.91 Å². The maximum absolute atomic E-state index is 12.6. The molecule has 7 heteroatoms. The summed E-state index contributed by atoms with van der Waals surface area (Å²) < 4.78 is 43.1. The molecule has 0 radical (unpaired) electrons. The molecule has 0 saturated carbocycles. The molecule has 0 heterocycles. The molecule has 2 rings (SSSR count). The van der Waals surface area contributed by atoms with Crippen LogP contribution in [0.4, 0.5) is 18.9 Å². The van der Waals surface area contributed by atoms with Crippen molar-refractivity contribution in [2.24, 2.45) is 0 Å². The Balaban J connectivity index is 2.02. The average molecular weight is 330 g/mol. The highest BCUT2D eigenvalue weighted by Crippen LogP contribution is 2.33. The molecule has 0 saturated heterocycles. The van der Waals surface area contributed by atoms with Gasteiger partial charge in [0.05, 0.1) is 16.3 Å². The Morgan fingerprint density at radius 3 is 2.45 bits per heavy atom. The average Bonchev–Trinajstić information content (AvgIpc) is 2.47. The number of carbonyl (C=O) groups is 1. The lowest BCUT2D eigenvalue weighted by atomic mass is 10.2. The third-order valence-electron chi connectivity index (χ3n) is 2.68. The maximum atomic E-state index is 12.6. The van der Waals surface area contributed by atoms with Crippen LogP contribution in [0.15, 0.2) is 48.5 Å². The molecule has 1 amide bonds. The second kappa shape index (κ2) is 6.70. The van der Waals surface area contributed by atoms with Gasteiger partial charge in [-0.05, 0) is 30.3 Å². The highest BCUT2D eigenvalue weighted by Gasteiger charge is 2.31.